The van der Waals surface area contributed by atoms with Gasteiger partial charge in [-0.2, -0.15) is 0 Å². The zero-order valence-corrected chi connectivity index (χ0v) is 24.4. The van der Waals surface area contributed by atoms with Gasteiger partial charge in [0.1, 0.15) is 29.6 Å². The zero-order valence-electron chi connectivity index (χ0n) is 24.4. The van der Waals surface area contributed by atoms with E-state index in [9.17, 15) is 19.2 Å². The van der Waals surface area contributed by atoms with Gasteiger partial charge in [0.2, 0.25) is 5.91 Å². The van der Waals surface area contributed by atoms with Crippen LogP contribution in [0.15, 0.2) is 36.4 Å². The lowest BCUT2D eigenvalue weighted by atomic mass is 10.1. The number of piperazine rings is 1. The van der Waals surface area contributed by atoms with Crippen molar-refractivity contribution in [2.45, 2.75) is 52.2 Å². The minimum absolute atomic E-state index is 0.00855. The van der Waals surface area contributed by atoms with Crippen molar-refractivity contribution in [2.75, 3.05) is 39.4 Å². The summed E-state index contributed by atoms with van der Waals surface area (Å²) < 4.78 is 10.4. The SMILES string of the molecule is CCOC(=O)N1CCN(C(=O)[C@H](CCC(=O)OC(C)(C)C)NC(=O)c2cc(C#CCO)nc(-c3ccccc3)n2)CC1. The number of carbonyl (C=O) groups excluding carboxylic acids is 4. The van der Waals surface area contributed by atoms with E-state index in [1.807, 2.05) is 6.07 Å². The Hall–Kier alpha value is -4.50. The second-order valence-electron chi connectivity index (χ2n) is 10.5. The van der Waals surface area contributed by atoms with E-state index in [4.69, 9.17) is 14.6 Å². The Bertz CT molecular complexity index is 1320. The van der Waals surface area contributed by atoms with Crippen molar-refractivity contribution in [1.29, 1.82) is 0 Å². The quantitative estimate of drug-likeness (QED) is 0.353. The van der Waals surface area contributed by atoms with Gasteiger partial charge in [0.25, 0.3) is 5.91 Å². The molecule has 224 valence electrons. The van der Waals surface area contributed by atoms with Crippen LogP contribution in [0.1, 0.15) is 56.7 Å². The molecule has 1 atom stereocenters. The normalized spacial score (nSPS) is 13.8. The van der Waals surface area contributed by atoms with Crippen molar-refractivity contribution in [3.05, 3.63) is 47.8 Å². The standard InChI is InChI=1S/C30H37N5O7/c1-5-41-29(40)35-17-15-34(16-18-35)28(39)23(13-14-25(37)42-30(2,3)4)33-27(38)24-20-22(12-9-19-36)31-26(32-24)21-10-7-6-8-11-21/h6-8,10-11,20,23,36H,5,13-19H2,1-4H3,(H,33,38)/t23-/m0/s1. The van der Waals surface area contributed by atoms with Crippen LogP contribution in [0.3, 0.4) is 0 Å². The molecule has 2 aromatic rings. The molecule has 1 aliphatic heterocycles. The molecule has 0 aliphatic carbocycles. The summed E-state index contributed by atoms with van der Waals surface area (Å²) in [4.78, 5) is 63.5. The molecule has 1 fully saturated rings. The van der Waals surface area contributed by atoms with Gasteiger partial charge in [-0.1, -0.05) is 36.3 Å². The van der Waals surface area contributed by atoms with Crippen LogP contribution in [0.4, 0.5) is 4.79 Å². The van der Waals surface area contributed by atoms with Crippen molar-refractivity contribution in [3.63, 3.8) is 0 Å². The second-order valence-corrected chi connectivity index (χ2v) is 10.5. The van der Waals surface area contributed by atoms with E-state index in [1.165, 1.54) is 11.0 Å². The van der Waals surface area contributed by atoms with Gasteiger partial charge in [-0.15, -0.1) is 0 Å². The Balaban J connectivity index is 1.83. The molecule has 2 heterocycles. The molecule has 0 spiro atoms. The first-order valence-electron chi connectivity index (χ1n) is 13.8. The van der Waals surface area contributed by atoms with Crippen molar-refractivity contribution < 1.29 is 33.8 Å². The molecular formula is C30H37N5O7. The molecule has 3 rings (SSSR count). The van der Waals surface area contributed by atoms with Gasteiger partial charge < -0.3 is 29.7 Å². The van der Waals surface area contributed by atoms with Crippen LogP contribution >= 0.6 is 0 Å². The number of aliphatic hydroxyl groups excluding tert-OH is 1. The van der Waals surface area contributed by atoms with Gasteiger partial charge in [-0.3, -0.25) is 14.4 Å². The van der Waals surface area contributed by atoms with E-state index in [0.29, 0.717) is 5.56 Å². The number of aromatic nitrogens is 2. The van der Waals surface area contributed by atoms with Crippen molar-refractivity contribution in [1.82, 2.24) is 25.1 Å². The summed E-state index contributed by atoms with van der Waals surface area (Å²) in [6.45, 7) is 7.84. The molecule has 1 aromatic heterocycles. The van der Waals surface area contributed by atoms with Gasteiger partial charge >= 0.3 is 12.1 Å². The van der Waals surface area contributed by atoms with Crippen LogP contribution in [0.2, 0.25) is 0 Å². The monoisotopic (exact) mass is 579 g/mol. The van der Waals surface area contributed by atoms with E-state index in [0.717, 1.165) is 0 Å². The number of carbonyl (C=O) groups is 4. The number of ether oxygens (including phenoxy) is 2. The van der Waals surface area contributed by atoms with Crippen LogP contribution in [0.5, 0.6) is 0 Å². The molecule has 42 heavy (non-hydrogen) atoms. The third-order valence-corrected chi connectivity index (χ3v) is 6.06. The highest BCUT2D eigenvalue weighted by molar-refractivity contribution is 5.96. The van der Waals surface area contributed by atoms with Gasteiger partial charge in [-0.25, -0.2) is 14.8 Å². The first kappa shape index (κ1) is 32.0. The van der Waals surface area contributed by atoms with Crippen LogP contribution in [0.25, 0.3) is 11.4 Å². The summed E-state index contributed by atoms with van der Waals surface area (Å²) in [5, 5.41) is 11.9. The summed E-state index contributed by atoms with van der Waals surface area (Å²) >= 11 is 0. The molecule has 2 N–H and O–H groups in total. The van der Waals surface area contributed by atoms with E-state index in [2.05, 4.69) is 27.1 Å². The predicted molar refractivity (Wildman–Crippen MR) is 153 cm³/mol. The number of aliphatic hydroxyl groups is 1. The highest BCUT2D eigenvalue weighted by Gasteiger charge is 2.32. The summed E-state index contributed by atoms with van der Waals surface area (Å²) in [7, 11) is 0. The average molecular weight is 580 g/mol. The number of hydrogen-bond acceptors (Lipinski definition) is 9. The fraction of sp³-hybridized carbons (Fsp3) is 0.467. The van der Waals surface area contributed by atoms with E-state index >= 15 is 0 Å². The van der Waals surface area contributed by atoms with E-state index in [1.54, 1.807) is 56.9 Å². The van der Waals surface area contributed by atoms with Crippen molar-refractivity contribution >= 4 is 23.9 Å². The Morgan fingerprint density at radius 2 is 1.71 bits per heavy atom. The maximum Gasteiger partial charge on any atom is 0.409 e. The molecule has 3 amide bonds. The summed E-state index contributed by atoms with van der Waals surface area (Å²) in [6.07, 6.45) is -0.563. The number of hydrogen-bond donors (Lipinski definition) is 2. The molecular weight excluding hydrogens is 542 g/mol. The summed E-state index contributed by atoms with van der Waals surface area (Å²) in [5.74, 6) is 3.91. The number of nitrogens with zero attached hydrogens (tertiary/aromatic N) is 4. The topological polar surface area (TPSA) is 151 Å². The molecule has 12 heteroatoms. The minimum atomic E-state index is -1.07. The molecule has 12 nitrogen and oxygen atoms in total. The lowest BCUT2D eigenvalue weighted by molar-refractivity contribution is -0.155. The predicted octanol–water partition coefficient (Wildman–Crippen LogP) is 2.01. The Morgan fingerprint density at radius 1 is 1.05 bits per heavy atom. The Morgan fingerprint density at radius 3 is 2.33 bits per heavy atom. The van der Waals surface area contributed by atoms with Crippen LogP contribution in [0, 0.1) is 11.8 Å². The Labute approximate surface area is 245 Å². The highest BCUT2D eigenvalue weighted by atomic mass is 16.6. The molecule has 0 saturated carbocycles. The molecule has 0 unspecified atom stereocenters. The second kappa shape index (κ2) is 14.9. The molecule has 1 saturated heterocycles. The number of benzene rings is 1. The molecule has 1 aromatic carbocycles. The van der Waals surface area contributed by atoms with Crippen LogP contribution in [-0.2, 0) is 19.1 Å². The van der Waals surface area contributed by atoms with Gasteiger partial charge in [0.05, 0.1) is 6.61 Å². The lowest BCUT2D eigenvalue weighted by Crippen LogP contribution is -2.56. The third-order valence-electron chi connectivity index (χ3n) is 6.06. The molecule has 0 radical (unpaired) electrons. The fourth-order valence-electron chi connectivity index (χ4n) is 4.16. The summed E-state index contributed by atoms with van der Waals surface area (Å²) in [6, 6.07) is 9.31. The largest absolute Gasteiger partial charge is 0.460 e. The lowest BCUT2D eigenvalue weighted by Gasteiger charge is -2.36. The molecule has 0 bridgehead atoms. The maximum absolute atomic E-state index is 13.6. The van der Waals surface area contributed by atoms with Gasteiger partial charge in [0.15, 0.2) is 5.82 Å². The first-order chi connectivity index (χ1) is 20.0. The van der Waals surface area contributed by atoms with E-state index < -0.39 is 42.1 Å². The Kier molecular flexibility index (Phi) is 11.4. The van der Waals surface area contributed by atoms with Gasteiger partial charge in [0, 0.05) is 44.2 Å². The molecule has 1 aliphatic rings. The van der Waals surface area contributed by atoms with Crippen molar-refractivity contribution in [2.24, 2.45) is 0 Å². The van der Waals surface area contributed by atoms with Crippen molar-refractivity contribution in [3.8, 4) is 23.2 Å². The summed E-state index contributed by atoms with van der Waals surface area (Å²) in [5.41, 5.74) is 0.128. The third kappa shape index (κ3) is 9.55. The van der Waals surface area contributed by atoms with Gasteiger partial charge in [-0.05, 0) is 40.0 Å². The average Bonchev–Trinajstić information content (AvgIpc) is 2.97. The maximum atomic E-state index is 13.6. The van der Waals surface area contributed by atoms with Crippen LogP contribution in [-0.4, -0.2) is 99.8 Å². The number of esters is 1. The highest BCUT2D eigenvalue weighted by Crippen LogP contribution is 2.17. The number of amides is 3. The first-order valence-corrected chi connectivity index (χ1v) is 13.8. The fourth-order valence-corrected chi connectivity index (χ4v) is 4.16. The smallest absolute Gasteiger partial charge is 0.409 e. The number of rotatable bonds is 8. The van der Waals surface area contributed by atoms with Crippen LogP contribution < -0.4 is 5.32 Å². The zero-order chi connectivity index (χ0) is 30.7. The minimum Gasteiger partial charge on any atom is -0.460 e. The number of nitrogens with one attached hydrogen (secondary N) is 1. The van der Waals surface area contributed by atoms with E-state index in [-0.39, 0.29) is 62.8 Å².